The number of nitrogens with two attached hydrogens (primary N) is 1. The predicted molar refractivity (Wildman–Crippen MR) is 104 cm³/mol. The summed E-state index contributed by atoms with van der Waals surface area (Å²) in [6, 6.07) is 7.07. The number of hydrazine groups is 1. The van der Waals surface area contributed by atoms with Crippen molar-refractivity contribution in [3.05, 3.63) is 53.8 Å². The minimum absolute atomic E-state index is 0.157. The number of dihydropyridines is 1. The second-order valence-electron chi connectivity index (χ2n) is 6.43. The van der Waals surface area contributed by atoms with Gasteiger partial charge in [-0.15, -0.1) is 0 Å². The Balaban J connectivity index is 1.48. The zero-order valence-electron chi connectivity index (χ0n) is 15.0. The summed E-state index contributed by atoms with van der Waals surface area (Å²) in [5, 5.41) is 13.2. The van der Waals surface area contributed by atoms with E-state index in [4.69, 9.17) is 10.6 Å². The van der Waals surface area contributed by atoms with Gasteiger partial charge in [0.05, 0.1) is 11.3 Å². The number of benzene rings is 1. The maximum Gasteiger partial charge on any atom is 0.303 e. The van der Waals surface area contributed by atoms with Gasteiger partial charge < -0.3 is 15.2 Å². The Kier molecular flexibility index (Phi) is 6.20. The van der Waals surface area contributed by atoms with E-state index < -0.39 is 16.6 Å². The number of imide groups is 1. The van der Waals surface area contributed by atoms with Gasteiger partial charge in [0.2, 0.25) is 0 Å². The van der Waals surface area contributed by atoms with Gasteiger partial charge in [0.1, 0.15) is 18.5 Å². The van der Waals surface area contributed by atoms with Crippen LogP contribution in [0.4, 0.5) is 4.79 Å². The van der Waals surface area contributed by atoms with E-state index in [1.165, 1.54) is 5.57 Å². The van der Waals surface area contributed by atoms with Crippen LogP contribution >= 0.6 is 11.8 Å². The molecule has 8 heteroatoms. The van der Waals surface area contributed by atoms with Gasteiger partial charge in [-0.05, 0) is 47.9 Å². The van der Waals surface area contributed by atoms with Crippen molar-refractivity contribution in [2.45, 2.75) is 37.2 Å². The summed E-state index contributed by atoms with van der Waals surface area (Å²) in [5.41, 5.74) is 2.10. The van der Waals surface area contributed by atoms with E-state index in [2.05, 4.69) is 12.2 Å². The Hall–Kier alpha value is -2.29. The molecule has 3 atom stereocenters. The summed E-state index contributed by atoms with van der Waals surface area (Å²) in [6.45, 7) is 2.23. The molecule has 2 unspecified atom stereocenters. The van der Waals surface area contributed by atoms with E-state index in [0.717, 1.165) is 23.7 Å². The van der Waals surface area contributed by atoms with E-state index in [-0.39, 0.29) is 18.6 Å². The number of hydrogen-bond donors (Lipinski definition) is 3. The Morgan fingerprint density at radius 3 is 2.63 bits per heavy atom. The molecule has 2 heterocycles. The van der Waals surface area contributed by atoms with Crippen LogP contribution in [0.25, 0.3) is 0 Å². The van der Waals surface area contributed by atoms with Crippen LogP contribution in [0, 0.1) is 0 Å². The Bertz CT molecular complexity index is 763. The molecule has 4 N–H and O–H groups in total. The largest absolute Gasteiger partial charge is 0.491 e. The Labute approximate surface area is 162 Å². The Morgan fingerprint density at radius 2 is 2.07 bits per heavy atom. The third-order valence-corrected chi connectivity index (χ3v) is 5.57. The molecule has 1 aromatic carbocycles. The van der Waals surface area contributed by atoms with Crippen LogP contribution in [-0.4, -0.2) is 45.3 Å². The maximum absolute atomic E-state index is 11.8. The van der Waals surface area contributed by atoms with E-state index in [1.54, 1.807) is 12.1 Å². The minimum atomic E-state index is -0.676. The molecule has 1 aromatic rings. The van der Waals surface area contributed by atoms with Crippen LogP contribution in [0.15, 0.2) is 48.2 Å². The third-order valence-electron chi connectivity index (χ3n) is 4.52. The molecular weight excluding hydrogens is 366 g/mol. The number of aliphatic hydroxyl groups is 1. The number of allylic oxidation sites excluding steroid dienone is 2. The lowest BCUT2D eigenvalue weighted by Crippen LogP contribution is -2.40. The van der Waals surface area contributed by atoms with Gasteiger partial charge in [-0.2, -0.15) is 0 Å². The number of nitrogens with one attached hydrogen (secondary N) is 1. The minimum Gasteiger partial charge on any atom is -0.491 e. The van der Waals surface area contributed by atoms with Crippen molar-refractivity contribution < 1.29 is 19.4 Å². The molecule has 7 nitrogen and oxygen atoms in total. The van der Waals surface area contributed by atoms with Crippen LogP contribution in [0.5, 0.6) is 5.75 Å². The number of ether oxygens (including phenoxy) is 1. The van der Waals surface area contributed by atoms with E-state index >= 15 is 0 Å². The molecule has 1 saturated heterocycles. The van der Waals surface area contributed by atoms with Gasteiger partial charge in [0.15, 0.2) is 0 Å². The summed E-state index contributed by atoms with van der Waals surface area (Å²) in [5.74, 6) is 5.65. The van der Waals surface area contributed by atoms with Crippen molar-refractivity contribution in [2.24, 2.45) is 5.84 Å². The normalized spacial score (nSPS) is 23.2. The second kappa shape index (κ2) is 8.60. The number of aliphatic hydroxyl groups excluding tert-OH is 1. The molecule has 0 saturated carbocycles. The van der Waals surface area contributed by atoms with E-state index in [9.17, 15) is 14.7 Å². The van der Waals surface area contributed by atoms with Gasteiger partial charge in [0.25, 0.3) is 5.91 Å². The molecule has 2 amide bonds. The smallest absolute Gasteiger partial charge is 0.303 e. The molecule has 0 aromatic heterocycles. The fourth-order valence-corrected chi connectivity index (χ4v) is 3.75. The van der Waals surface area contributed by atoms with Crippen LogP contribution in [0.2, 0.25) is 0 Å². The maximum atomic E-state index is 11.8. The number of rotatable bonds is 7. The highest BCUT2D eigenvalue weighted by atomic mass is 32.2. The number of nitrogens with zero attached hydrogens (tertiary/aromatic N) is 1. The lowest BCUT2D eigenvalue weighted by atomic mass is 10.1. The summed E-state index contributed by atoms with van der Waals surface area (Å²) in [6.07, 6.45) is 6.55. The average molecular weight is 389 g/mol. The molecule has 0 aliphatic carbocycles. The zero-order valence-corrected chi connectivity index (χ0v) is 15.8. The van der Waals surface area contributed by atoms with Gasteiger partial charge in [-0.3, -0.25) is 9.59 Å². The van der Waals surface area contributed by atoms with Crippen molar-refractivity contribution in [3.8, 4) is 5.75 Å². The van der Waals surface area contributed by atoms with Crippen LogP contribution in [-0.2, 0) is 11.2 Å². The van der Waals surface area contributed by atoms with Crippen molar-refractivity contribution in [2.75, 3.05) is 6.61 Å². The van der Waals surface area contributed by atoms with Crippen molar-refractivity contribution in [1.29, 1.82) is 0 Å². The van der Waals surface area contributed by atoms with E-state index in [1.807, 2.05) is 30.5 Å². The van der Waals surface area contributed by atoms with Gasteiger partial charge in [0, 0.05) is 6.20 Å². The first-order chi connectivity index (χ1) is 13.0. The first kappa shape index (κ1) is 19.5. The summed E-state index contributed by atoms with van der Waals surface area (Å²) >= 11 is 0.943. The van der Waals surface area contributed by atoms with Gasteiger partial charge in [-0.1, -0.05) is 31.2 Å². The molecule has 27 heavy (non-hydrogen) atoms. The van der Waals surface area contributed by atoms with Crippen molar-refractivity contribution in [1.82, 2.24) is 10.3 Å². The van der Waals surface area contributed by atoms with Gasteiger partial charge >= 0.3 is 5.24 Å². The standard InChI is InChI=1S/C19H23N3O4S/c1-2-12-5-8-15(21-10-12)16(23)11-26-14-6-3-13(4-7-14)9-17-18(24)22(20)19(25)27-17/h3-8,10,15-17,21,23H,2,9,11,20H2,1H3/t15?,16-,17?/m1/s1. The second-order valence-corrected chi connectivity index (χ2v) is 7.59. The molecule has 0 bridgehead atoms. The number of thioether (sulfide) groups is 1. The summed E-state index contributed by atoms with van der Waals surface area (Å²) in [7, 11) is 0. The monoisotopic (exact) mass is 389 g/mol. The number of carbonyl (C=O) groups excluding carboxylic acids is 2. The fraction of sp³-hybridized carbons (Fsp3) is 0.368. The lowest BCUT2D eigenvalue weighted by molar-refractivity contribution is -0.126. The van der Waals surface area contributed by atoms with Crippen LogP contribution < -0.4 is 15.9 Å². The average Bonchev–Trinajstić information content (AvgIpc) is 2.94. The molecule has 1 fully saturated rings. The number of amides is 2. The first-order valence-corrected chi connectivity index (χ1v) is 9.68. The zero-order chi connectivity index (χ0) is 19.4. The SMILES string of the molecule is CCC1=CNC([C@H](O)COc2ccc(CC3SC(=O)N(N)C3=O)cc2)C=C1. The van der Waals surface area contributed by atoms with Crippen LogP contribution in [0.1, 0.15) is 18.9 Å². The van der Waals surface area contributed by atoms with Crippen molar-refractivity contribution in [3.63, 3.8) is 0 Å². The molecule has 3 rings (SSSR count). The fourth-order valence-electron chi connectivity index (χ4n) is 2.82. The molecule has 2 aliphatic heterocycles. The third kappa shape index (κ3) is 4.71. The van der Waals surface area contributed by atoms with Gasteiger partial charge in [-0.25, -0.2) is 10.9 Å². The molecule has 2 aliphatic rings. The molecule has 0 radical (unpaired) electrons. The Morgan fingerprint density at radius 1 is 1.33 bits per heavy atom. The summed E-state index contributed by atoms with van der Waals surface area (Å²) in [4.78, 5) is 23.3. The molecule has 0 spiro atoms. The highest BCUT2D eigenvalue weighted by Crippen LogP contribution is 2.27. The lowest BCUT2D eigenvalue weighted by Gasteiger charge is -2.23. The quantitative estimate of drug-likeness (QED) is 0.482. The number of carbonyl (C=O) groups is 2. The topological polar surface area (TPSA) is 105 Å². The summed E-state index contributed by atoms with van der Waals surface area (Å²) < 4.78 is 5.66. The van der Waals surface area contributed by atoms with Crippen molar-refractivity contribution >= 4 is 22.9 Å². The van der Waals surface area contributed by atoms with Crippen LogP contribution in [0.3, 0.4) is 0 Å². The molecular formula is C19H23N3O4S. The first-order valence-electron chi connectivity index (χ1n) is 8.80. The predicted octanol–water partition coefficient (Wildman–Crippen LogP) is 1.73. The van der Waals surface area contributed by atoms with E-state index in [0.29, 0.717) is 17.2 Å². The molecule has 144 valence electrons. The number of hydrogen-bond acceptors (Lipinski definition) is 7. The highest BCUT2D eigenvalue weighted by Gasteiger charge is 2.37. The highest BCUT2D eigenvalue weighted by molar-refractivity contribution is 8.15.